The zero-order valence-corrected chi connectivity index (χ0v) is 16.8. The van der Waals surface area contributed by atoms with Crippen LogP contribution < -0.4 is 5.32 Å². The monoisotopic (exact) mass is 392 g/mol. The van der Waals surface area contributed by atoms with Crippen LogP contribution in [-0.4, -0.2) is 33.6 Å². The fraction of sp³-hybridized carbons (Fsp3) is 0.318. The molecule has 1 aliphatic rings. The van der Waals surface area contributed by atoms with E-state index in [1.807, 2.05) is 34.9 Å². The van der Waals surface area contributed by atoms with Gasteiger partial charge < -0.3 is 14.3 Å². The Labute approximate surface area is 169 Å². The summed E-state index contributed by atoms with van der Waals surface area (Å²) >= 11 is 0. The van der Waals surface area contributed by atoms with Gasteiger partial charge in [0, 0.05) is 16.3 Å². The van der Waals surface area contributed by atoms with Crippen molar-refractivity contribution in [2.75, 3.05) is 6.54 Å². The predicted molar refractivity (Wildman–Crippen MR) is 110 cm³/mol. The third kappa shape index (κ3) is 3.81. The second-order valence-corrected chi connectivity index (χ2v) is 8.19. The Morgan fingerprint density at radius 1 is 1.21 bits per heavy atom. The molecule has 0 radical (unpaired) electrons. The van der Waals surface area contributed by atoms with Crippen molar-refractivity contribution < 1.29 is 14.0 Å². The van der Waals surface area contributed by atoms with Crippen LogP contribution in [0.15, 0.2) is 58.2 Å². The summed E-state index contributed by atoms with van der Waals surface area (Å²) in [4.78, 5) is 25.7. The lowest BCUT2D eigenvalue weighted by Gasteiger charge is -2.23. The Hall–Kier alpha value is -3.35. The molecule has 1 aromatic carbocycles. The highest BCUT2D eigenvalue weighted by Crippen LogP contribution is 2.27. The van der Waals surface area contributed by atoms with Crippen LogP contribution in [0.3, 0.4) is 0 Å². The molecule has 0 unspecified atom stereocenters. The Bertz CT molecular complexity index is 1090. The van der Waals surface area contributed by atoms with Crippen molar-refractivity contribution in [3.8, 4) is 0 Å². The van der Waals surface area contributed by atoms with Gasteiger partial charge in [-0.2, -0.15) is 5.10 Å². The minimum atomic E-state index is -0.295. The minimum absolute atomic E-state index is 0.152. The van der Waals surface area contributed by atoms with Gasteiger partial charge in [0.25, 0.3) is 5.91 Å². The summed E-state index contributed by atoms with van der Waals surface area (Å²) in [6.45, 7) is 6.79. The molecule has 0 bridgehead atoms. The van der Waals surface area contributed by atoms with Gasteiger partial charge in [0.05, 0.1) is 25.1 Å². The van der Waals surface area contributed by atoms with Gasteiger partial charge in [0.15, 0.2) is 0 Å². The van der Waals surface area contributed by atoms with Crippen molar-refractivity contribution in [1.29, 1.82) is 0 Å². The molecule has 0 fully saturated rings. The molecule has 0 saturated carbocycles. The molecular formula is C22H24N4O3. The molecule has 4 rings (SSSR count). The number of amides is 2. The first-order chi connectivity index (χ1) is 13.8. The number of carbonyl (C=O) groups excluding carboxylic acids is 2. The van der Waals surface area contributed by atoms with Crippen LogP contribution in [-0.2, 0) is 17.9 Å². The van der Waals surface area contributed by atoms with Crippen LogP contribution in [0.25, 0.3) is 10.9 Å². The molecule has 150 valence electrons. The van der Waals surface area contributed by atoms with Crippen LogP contribution in [0.2, 0.25) is 0 Å². The molecule has 3 heterocycles. The molecule has 2 aromatic heterocycles. The van der Waals surface area contributed by atoms with Crippen LogP contribution in [0, 0.1) is 5.41 Å². The highest BCUT2D eigenvalue weighted by atomic mass is 16.3. The maximum Gasteiger partial charge on any atom is 0.291 e. The average Bonchev–Trinajstić information content (AvgIpc) is 3.29. The van der Waals surface area contributed by atoms with Crippen LogP contribution >= 0.6 is 0 Å². The molecule has 1 N–H and O–H groups in total. The van der Waals surface area contributed by atoms with E-state index in [0.29, 0.717) is 18.0 Å². The van der Waals surface area contributed by atoms with Gasteiger partial charge in [-0.15, -0.1) is 0 Å². The Morgan fingerprint density at radius 3 is 2.72 bits per heavy atom. The summed E-state index contributed by atoms with van der Waals surface area (Å²) in [7, 11) is 0. The summed E-state index contributed by atoms with van der Waals surface area (Å²) in [6, 6.07) is 13.3. The van der Waals surface area contributed by atoms with E-state index in [1.165, 1.54) is 5.01 Å². The molecule has 2 amide bonds. The molecule has 7 nitrogen and oxygen atoms in total. The van der Waals surface area contributed by atoms with Gasteiger partial charge in [-0.3, -0.25) is 9.59 Å². The van der Waals surface area contributed by atoms with Crippen molar-refractivity contribution in [3.05, 3.63) is 60.2 Å². The van der Waals surface area contributed by atoms with Crippen molar-refractivity contribution in [3.63, 3.8) is 0 Å². The number of hydrogen-bond acceptors (Lipinski definition) is 4. The molecule has 29 heavy (non-hydrogen) atoms. The largest absolute Gasteiger partial charge is 0.467 e. The lowest BCUT2D eigenvalue weighted by atomic mass is 9.90. The number of fused-ring (bicyclic) bond motifs is 3. The third-order valence-electron chi connectivity index (χ3n) is 5.01. The van der Waals surface area contributed by atoms with E-state index in [1.54, 1.807) is 18.4 Å². The van der Waals surface area contributed by atoms with Crippen molar-refractivity contribution >= 4 is 28.4 Å². The SMILES string of the molecule is CC(C)(C)C1=NN(CC(=O)NCc2ccco2)C(=O)c2cc3ccccc3n2C1. The van der Waals surface area contributed by atoms with E-state index in [0.717, 1.165) is 16.6 Å². The third-order valence-corrected chi connectivity index (χ3v) is 5.01. The average molecular weight is 392 g/mol. The van der Waals surface area contributed by atoms with Gasteiger partial charge in [-0.05, 0) is 24.3 Å². The number of hydrogen-bond donors (Lipinski definition) is 1. The highest BCUT2D eigenvalue weighted by molar-refractivity contribution is 6.03. The van der Waals surface area contributed by atoms with E-state index in [2.05, 4.69) is 31.2 Å². The summed E-state index contributed by atoms with van der Waals surface area (Å²) in [5, 5.41) is 9.64. The number of benzene rings is 1. The summed E-state index contributed by atoms with van der Waals surface area (Å²) in [6.07, 6.45) is 1.55. The first-order valence-corrected chi connectivity index (χ1v) is 9.60. The Balaban J connectivity index is 1.65. The van der Waals surface area contributed by atoms with Gasteiger partial charge in [0.1, 0.15) is 18.0 Å². The fourth-order valence-electron chi connectivity index (χ4n) is 3.35. The molecule has 0 spiro atoms. The van der Waals surface area contributed by atoms with Gasteiger partial charge >= 0.3 is 0 Å². The number of para-hydroxylation sites is 1. The maximum absolute atomic E-state index is 13.2. The molecule has 0 aliphatic carbocycles. The maximum atomic E-state index is 13.2. The molecule has 1 aliphatic heterocycles. The summed E-state index contributed by atoms with van der Waals surface area (Å²) in [5.41, 5.74) is 2.10. The second-order valence-electron chi connectivity index (χ2n) is 8.19. The van der Waals surface area contributed by atoms with Crippen LogP contribution in [0.5, 0.6) is 0 Å². The van der Waals surface area contributed by atoms with E-state index in [-0.39, 0.29) is 30.3 Å². The van der Waals surface area contributed by atoms with E-state index >= 15 is 0 Å². The molecule has 0 saturated heterocycles. The molecular weight excluding hydrogens is 368 g/mol. The number of nitrogens with one attached hydrogen (secondary N) is 1. The number of furan rings is 1. The lowest BCUT2D eigenvalue weighted by Crippen LogP contribution is -2.38. The summed E-state index contributed by atoms with van der Waals surface area (Å²) < 4.78 is 7.22. The Kier molecular flexibility index (Phi) is 4.74. The Morgan fingerprint density at radius 2 is 2.00 bits per heavy atom. The van der Waals surface area contributed by atoms with Gasteiger partial charge in [0.2, 0.25) is 5.91 Å². The second kappa shape index (κ2) is 7.24. The number of carbonyl (C=O) groups is 2. The zero-order valence-electron chi connectivity index (χ0n) is 16.8. The topological polar surface area (TPSA) is 79.8 Å². The zero-order chi connectivity index (χ0) is 20.6. The molecule has 3 aromatic rings. The number of rotatable bonds is 4. The first-order valence-electron chi connectivity index (χ1n) is 9.60. The highest BCUT2D eigenvalue weighted by Gasteiger charge is 2.31. The minimum Gasteiger partial charge on any atom is -0.467 e. The normalized spacial score (nSPS) is 14.5. The van der Waals surface area contributed by atoms with Crippen LogP contribution in [0.1, 0.15) is 37.0 Å². The van der Waals surface area contributed by atoms with Gasteiger partial charge in [-0.1, -0.05) is 39.0 Å². The lowest BCUT2D eigenvalue weighted by molar-refractivity contribution is -0.122. The number of aromatic nitrogens is 1. The standard InChI is InChI=1S/C22H24N4O3/c1-22(2,3)19-13-25-17-9-5-4-7-15(17)11-18(25)21(28)26(24-19)14-20(27)23-12-16-8-6-10-29-16/h4-11H,12-14H2,1-3H3,(H,23,27). The number of nitrogens with zero attached hydrogens (tertiary/aromatic N) is 3. The van der Waals surface area contributed by atoms with Crippen LogP contribution in [0.4, 0.5) is 0 Å². The quantitative estimate of drug-likeness (QED) is 0.739. The van der Waals surface area contributed by atoms with E-state index in [4.69, 9.17) is 4.42 Å². The van der Waals surface area contributed by atoms with Crippen molar-refractivity contribution in [1.82, 2.24) is 14.9 Å². The van der Waals surface area contributed by atoms with Crippen molar-refractivity contribution in [2.24, 2.45) is 10.5 Å². The smallest absolute Gasteiger partial charge is 0.291 e. The molecule has 7 heteroatoms. The predicted octanol–water partition coefficient (Wildman–Crippen LogP) is 3.41. The number of hydrazone groups is 1. The molecule has 0 atom stereocenters. The van der Waals surface area contributed by atoms with E-state index in [9.17, 15) is 9.59 Å². The fourth-order valence-corrected chi connectivity index (χ4v) is 3.35. The summed E-state index contributed by atoms with van der Waals surface area (Å²) in [5.74, 6) is 0.0736. The van der Waals surface area contributed by atoms with Gasteiger partial charge in [-0.25, -0.2) is 5.01 Å². The van der Waals surface area contributed by atoms with Crippen molar-refractivity contribution in [2.45, 2.75) is 33.9 Å². The van der Waals surface area contributed by atoms with E-state index < -0.39 is 0 Å². The first kappa shape index (κ1) is 19.0.